The Labute approximate surface area is 88.3 Å². The monoisotopic (exact) mass is 196 g/mol. The quantitative estimate of drug-likeness (QED) is 0.666. The molecule has 2 rings (SSSR count). The summed E-state index contributed by atoms with van der Waals surface area (Å²) in [6.07, 6.45) is 8.65. The van der Waals surface area contributed by atoms with Crippen molar-refractivity contribution in [3.8, 4) is 0 Å². The van der Waals surface area contributed by atoms with Crippen molar-refractivity contribution in [1.82, 2.24) is 9.80 Å². The van der Waals surface area contributed by atoms with Crippen molar-refractivity contribution < 1.29 is 0 Å². The van der Waals surface area contributed by atoms with Crippen LogP contribution in [-0.4, -0.2) is 49.1 Å². The van der Waals surface area contributed by atoms with Crippen molar-refractivity contribution >= 4 is 0 Å². The number of likely N-dealkylation sites (N-methyl/N-ethyl adjacent to an activating group) is 1. The van der Waals surface area contributed by atoms with Gasteiger partial charge in [-0.25, -0.2) is 0 Å². The van der Waals surface area contributed by atoms with Gasteiger partial charge in [0.05, 0.1) is 0 Å². The Bertz CT molecular complexity index is 173. The average molecular weight is 196 g/mol. The first-order valence-electron chi connectivity index (χ1n) is 6.18. The Morgan fingerprint density at radius 3 is 2.36 bits per heavy atom. The first-order chi connectivity index (χ1) is 6.77. The highest BCUT2D eigenvalue weighted by Gasteiger charge is 2.28. The molecule has 2 nitrogen and oxygen atoms in total. The van der Waals surface area contributed by atoms with Gasteiger partial charge >= 0.3 is 0 Å². The zero-order chi connectivity index (χ0) is 9.97. The van der Waals surface area contributed by atoms with Gasteiger partial charge in [0.15, 0.2) is 0 Å². The third-order valence-corrected chi connectivity index (χ3v) is 4.00. The van der Waals surface area contributed by atoms with E-state index in [9.17, 15) is 0 Å². The molecule has 2 heteroatoms. The molecule has 0 bridgehead atoms. The Morgan fingerprint density at radius 2 is 1.71 bits per heavy atom. The first-order valence-corrected chi connectivity index (χ1v) is 6.18. The van der Waals surface area contributed by atoms with E-state index in [2.05, 4.69) is 23.9 Å². The minimum absolute atomic E-state index is 0.810. The van der Waals surface area contributed by atoms with Crippen LogP contribution < -0.4 is 0 Å². The summed E-state index contributed by atoms with van der Waals surface area (Å²) < 4.78 is 0. The molecule has 1 saturated heterocycles. The Morgan fingerprint density at radius 1 is 1.00 bits per heavy atom. The zero-order valence-electron chi connectivity index (χ0n) is 9.71. The van der Waals surface area contributed by atoms with Crippen LogP contribution in [0.5, 0.6) is 0 Å². The normalized spacial score (nSPS) is 31.5. The summed E-state index contributed by atoms with van der Waals surface area (Å²) in [4.78, 5) is 5.16. The zero-order valence-corrected chi connectivity index (χ0v) is 9.71. The lowest BCUT2D eigenvalue weighted by Gasteiger charge is -2.39. The lowest BCUT2D eigenvalue weighted by Crippen LogP contribution is -2.48. The van der Waals surface area contributed by atoms with Crippen LogP contribution in [0.3, 0.4) is 0 Å². The summed E-state index contributed by atoms with van der Waals surface area (Å²) in [6.45, 7) is 2.67. The number of hydrogen-bond acceptors (Lipinski definition) is 2. The molecule has 0 amide bonds. The van der Waals surface area contributed by atoms with E-state index in [1.165, 1.54) is 51.6 Å². The third-order valence-electron chi connectivity index (χ3n) is 4.00. The van der Waals surface area contributed by atoms with Crippen molar-refractivity contribution in [1.29, 1.82) is 0 Å². The summed E-state index contributed by atoms with van der Waals surface area (Å²) in [5.41, 5.74) is 0. The van der Waals surface area contributed by atoms with Crippen molar-refractivity contribution in [2.75, 3.05) is 27.2 Å². The Hall–Kier alpha value is -0.0800. The fraction of sp³-hybridized carbons (Fsp3) is 1.00. The van der Waals surface area contributed by atoms with Crippen molar-refractivity contribution in [2.45, 2.75) is 50.6 Å². The van der Waals surface area contributed by atoms with Crippen LogP contribution in [0.25, 0.3) is 0 Å². The molecule has 1 aliphatic carbocycles. The van der Waals surface area contributed by atoms with Crippen molar-refractivity contribution in [2.24, 2.45) is 0 Å². The predicted octanol–water partition coefficient (Wildman–Crippen LogP) is 1.95. The molecule has 1 atom stereocenters. The van der Waals surface area contributed by atoms with Crippen molar-refractivity contribution in [3.05, 3.63) is 0 Å². The van der Waals surface area contributed by atoms with Gasteiger partial charge in [0, 0.05) is 18.6 Å². The van der Waals surface area contributed by atoms with Gasteiger partial charge in [-0.1, -0.05) is 12.8 Å². The molecule has 1 saturated carbocycles. The summed E-state index contributed by atoms with van der Waals surface area (Å²) in [6, 6.07) is 1.74. The third kappa shape index (κ3) is 2.29. The summed E-state index contributed by atoms with van der Waals surface area (Å²) >= 11 is 0. The van der Waals surface area contributed by atoms with Crippen LogP contribution in [0.1, 0.15) is 38.5 Å². The molecular formula is C12H24N2. The van der Waals surface area contributed by atoms with Gasteiger partial charge in [0.25, 0.3) is 0 Å². The summed E-state index contributed by atoms with van der Waals surface area (Å²) in [7, 11) is 4.45. The Kier molecular flexibility index (Phi) is 3.45. The fourth-order valence-corrected chi connectivity index (χ4v) is 3.01. The molecule has 1 aliphatic heterocycles. The highest BCUT2D eigenvalue weighted by molar-refractivity contribution is 4.84. The maximum absolute atomic E-state index is 2.75. The second-order valence-electron chi connectivity index (χ2n) is 5.19. The number of piperidine rings is 1. The molecule has 0 unspecified atom stereocenters. The molecule has 2 aliphatic rings. The number of likely N-dealkylation sites (tertiary alicyclic amines) is 1. The highest BCUT2D eigenvalue weighted by Crippen LogP contribution is 2.26. The van der Waals surface area contributed by atoms with Gasteiger partial charge in [-0.15, -0.1) is 0 Å². The second-order valence-corrected chi connectivity index (χ2v) is 5.19. The molecule has 0 aromatic carbocycles. The number of hydrogen-bond donors (Lipinski definition) is 0. The van der Waals surface area contributed by atoms with E-state index in [4.69, 9.17) is 0 Å². The molecule has 14 heavy (non-hydrogen) atoms. The van der Waals surface area contributed by atoms with E-state index >= 15 is 0 Å². The predicted molar refractivity (Wildman–Crippen MR) is 60.5 cm³/mol. The number of rotatable bonds is 2. The van der Waals surface area contributed by atoms with Gasteiger partial charge in [-0.3, -0.25) is 4.90 Å². The molecule has 0 radical (unpaired) electrons. The minimum atomic E-state index is 0.810. The maximum atomic E-state index is 2.75. The summed E-state index contributed by atoms with van der Waals surface area (Å²) in [5, 5.41) is 0. The van der Waals surface area contributed by atoms with Crippen molar-refractivity contribution in [3.63, 3.8) is 0 Å². The molecule has 82 valence electrons. The average Bonchev–Trinajstić information content (AvgIpc) is 2.71. The molecule has 0 spiro atoms. The van der Waals surface area contributed by atoms with E-state index < -0.39 is 0 Å². The minimum Gasteiger partial charge on any atom is -0.305 e. The van der Waals surface area contributed by atoms with Gasteiger partial charge in [-0.05, 0) is 46.3 Å². The van der Waals surface area contributed by atoms with Crippen LogP contribution in [0, 0.1) is 0 Å². The molecule has 0 N–H and O–H groups in total. The fourth-order valence-electron chi connectivity index (χ4n) is 3.01. The van der Waals surface area contributed by atoms with Crippen LogP contribution >= 0.6 is 0 Å². The second kappa shape index (κ2) is 4.63. The van der Waals surface area contributed by atoms with E-state index in [0.29, 0.717) is 0 Å². The van der Waals surface area contributed by atoms with E-state index in [0.717, 1.165) is 12.1 Å². The molecule has 2 fully saturated rings. The van der Waals surface area contributed by atoms with Crippen LogP contribution in [0.15, 0.2) is 0 Å². The lowest BCUT2D eigenvalue weighted by atomic mass is 10.0. The van der Waals surface area contributed by atoms with Gasteiger partial charge in [-0.2, -0.15) is 0 Å². The molecular weight excluding hydrogens is 172 g/mol. The molecule has 0 aromatic rings. The van der Waals surface area contributed by atoms with E-state index in [1.54, 1.807) is 0 Å². The standard InChI is InChI=1S/C12H24N2/c1-13(2)12-8-5-9-14(10-12)11-6-3-4-7-11/h11-12H,3-10H2,1-2H3/t12-/m0/s1. The van der Waals surface area contributed by atoms with Crippen LogP contribution in [0.2, 0.25) is 0 Å². The smallest absolute Gasteiger partial charge is 0.0217 e. The van der Waals surface area contributed by atoms with Crippen LogP contribution in [-0.2, 0) is 0 Å². The molecule has 0 aromatic heterocycles. The van der Waals surface area contributed by atoms with Gasteiger partial charge in [0.2, 0.25) is 0 Å². The van der Waals surface area contributed by atoms with Crippen LogP contribution in [0.4, 0.5) is 0 Å². The summed E-state index contributed by atoms with van der Waals surface area (Å²) in [5.74, 6) is 0. The first kappa shape index (κ1) is 10.4. The van der Waals surface area contributed by atoms with Gasteiger partial charge < -0.3 is 4.90 Å². The number of nitrogens with zero attached hydrogens (tertiary/aromatic N) is 2. The SMILES string of the molecule is CN(C)[C@H]1CCCN(C2CCCC2)C1. The molecule has 1 heterocycles. The lowest BCUT2D eigenvalue weighted by molar-refractivity contribution is 0.0979. The van der Waals surface area contributed by atoms with Gasteiger partial charge in [0.1, 0.15) is 0 Å². The maximum Gasteiger partial charge on any atom is 0.0217 e. The topological polar surface area (TPSA) is 6.48 Å². The van der Waals surface area contributed by atoms with E-state index in [-0.39, 0.29) is 0 Å². The highest BCUT2D eigenvalue weighted by atomic mass is 15.2. The largest absolute Gasteiger partial charge is 0.305 e. The Balaban J connectivity index is 1.86. The van der Waals surface area contributed by atoms with E-state index in [1.807, 2.05) is 0 Å².